The van der Waals surface area contributed by atoms with Gasteiger partial charge in [-0.1, -0.05) is 13.8 Å². The number of rotatable bonds is 14. The molecule has 0 aromatic rings. The lowest BCUT2D eigenvalue weighted by Crippen LogP contribution is -2.57. The molecule has 1 unspecified atom stereocenters. The van der Waals surface area contributed by atoms with Crippen molar-refractivity contribution in [3.8, 4) is 0 Å². The average Bonchev–Trinajstić information content (AvgIpc) is 2.91. The number of carboxylic acid groups (broad SMARTS) is 3. The standard InChI is InChI=1S/C27H49N7O8/c1-21(2)15-28-24(36)16-30-5-3-22(4-6-30)29-23(20-35)34-13-11-32(18-26(39)40)9-7-31(17-25(37)38)8-10-33(12-14-34)19-27(41)42/h20-23,29H,3-19H2,1-2H3,(H,28,36)(H,37,38)(H,39,40)(H,41,42). The minimum atomic E-state index is -1.01. The zero-order valence-electron chi connectivity index (χ0n) is 24.9. The van der Waals surface area contributed by atoms with Crippen LogP contribution < -0.4 is 10.6 Å². The quantitative estimate of drug-likeness (QED) is 0.136. The molecule has 0 aromatic heterocycles. The number of hydrogen-bond acceptors (Lipinski definition) is 11. The lowest BCUT2D eigenvalue weighted by atomic mass is 10.0. The third kappa shape index (κ3) is 14.5. The summed E-state index contributed by atoms with van der Waals surface area (Å²) in [4.78, 5) is 68.1. The second kappa shape index (κ2) is 18.8. The van der Waals surface area contributed by atoms with Gasteiger partial charge in [0.15, 0.2) is 6.29 Å². The van der Waals surface area contributed by atoms with Crippen LogP contribution in [0.25, 0.3) is 0 Å². The van der Waals surface area contributed by atoms with Crippen LogP contribution in [0.3, 0.4) is 0 Å². The van der Waals surface area contributed by atoms with Gasteiger partial charge in [-0.2, -0.15) is 0 Å². The predicted octanol–water partition coefficient (Wildman–Crippen LogP) is -2.19. The van der Waals surface area contributed by atoms with Gasteiger partial charge in [0.05, 0.1) is 26.2 Å². The molecule has 0 radical (unpaired) electrons. The van der Waals surface area contributed by atoms with Gasteiger partial charge >= 0.3 is 17.9 Å². The summed E-state index contributed by atoms with van der Waals surface area (Å²) in [5.41, 5.74) is 0. The molecule has 2 aliphatic heterocycles. The highest BCUT2D eigenvalue weighted by molar-refractivity contribution is 5.78. The Morgan fingerprint density at radius 2 is 1.10 bits per heavy atom. The summed E-state index contributed by atoms with van der Waals surface area (Å²) < 4.78 is 0. The van der Waals surface area contributed by atoms with Gasteiger partial charge in [-0.3, -0.25) is 49.0 Å². The van der Waals surface area contributed by atoms with Gasteiger partial charge in [0.25, 0.3) is 0 Å². The van der Waals surface area contributed by atoms with Crippen molar-refractivity contribution in [3.05, 3.63) is 0 Å². The van der Waals surface area contributed by atoms with Crippen LogP contribution in [0.15, 0.2) is 0 Å². The Balaban J connectivity index is 2.06. The highest BCUT2D eigenvalue weighted by Gasteiger charge is 2.27. The predicted molar refractivity (Wildman–Crippen MR) is 154 cm³/mol. The second-order valence-corrected chi connectivity index (χ2v) is 11.5. The first-order valence-corrected chi connectivity index (χ1v) is 14.7. The number of aliphatic carboxylic acids is 3. The summed E-state index contributed by atoms with van der Waals surface area (Å²) in [5, 5.41) is 34.5. The van der Waals surface area contributed by atoms with Crippen molar-refractivity contribution in [2.75, 3.05) is 98.2 Å². The summed E-state index contributed by atoms with van der Waals surface area (Å²) in [7, 11) is 0. The van der Waals surface area contributed by atoms with Gasteiger partial charge in [-0.25, -0.2) is 0 Å². The fraction of sp³-hybridized carbons (Fsp3) is 0.815. The molecule has 42 heavy (non-hydrogen) atoms. The number of piperidine rings is 1. The van der Waals surface area contributed by atoms with Gasteiger partial charge < -0.3 is 25.4 Å². The van der Waals surface area contributed by atoms with Crippen molar-refractivity contribution < 1.29 is 39.3 Å². The van der Waals surface area contributed by atoms with Crippen LogP contribution in [0.5, 0.6) is 0 Å². The van der Waals surface area contributed by atoms with E-state index in [0.29, 0.717) is 84.5 Å². The molecule has 0 aliphatic carbocycles. The van der Waals surface area contributed by atoms with Crippen molar-refractivity contribution >= 4 is 30.1 Å². The minimum absolute atomic E-state index is 0.00289. The zero-order chi connectivity index (χ0) is 31.1. The molecule has 2 saturated heterocycles. The van der Waals surface area contributed by atoms with E-state index < -0.39 is 24.1 Å². The van der Waals surface area contributed by atoms with E-state index in [1.54, 1.807) is 14.7 Å². The summed E-state index contributed by atoms with van der Waals surface area (Å²) in [6.45, 7) is 8.46. The van der Waals surface area contributed by atoms with E-state index in [2.05, 4.69) is 15.5 Å². The van der Waals surface area contributed by atoms with Crippen LogP contribution in [-0.2, 0) is 24.0 Å². The molecule has 5 N–H and O–H groups in total. The molecule has 0 bridgehead atoms. The van der Waals surface area contributed by atoms with Gasteiger partial charge in [0, 0.05) is 78.0 Å². The fourth-order valence-electron chi connectivity index (χ4n) is 5.19. The first-order valence-electron chi connectivity index (χ1n) is 14.7. The molecule has 1 amide bonds. The maximum absolute atomic E-state index is 12.3. The van der Waals surface area contributed by atoms with Crippen molar-refractivity contribution in [1.29, 1.82) is 0 Å². The molecule has 2 heterocycles. The highest BCUT2D eigenvalue weighted by Crippen LogP contribution is 2.12. The Morgan fingerprint density at radius 3 is 1.48 bits per heavy atom. The molecule has 2 aliphatic rings. The third-order valence-electron chi connectivity index (χ3n) is 7.54. The largest absolute Gasteiger partial charge is 0.480 e. The SMILES string of the molecule is CC(C)CNC(=O)CN1CCC(NC(C=O)N2CCN(CC(=O)O)CCN(CC(=O)O)CCN(CC(=O)O)CC2)CC1. The number of nitrogens with zero attached hydrogens (tertiary/aromatic N) is 5. The van der Waals surface area contributed by atoms with Gasteiger partial charge in [-0.15, -0.1) is 0 Å². The molecule has 1 atom stereocenters. The summed E-state index contributed by atoms with van der Waals surface area (Å²) in [5.74, 6) is -2.62. The molecule has 240 valence electrons. The smallest absolute Gasteiger partial charge is 0.317 e. The van der Waals surface area contributed by atoms with Crippen LogP contribution in [0.2, 0.25) is 0 Å². The van der Waals surface area contributed by atoms with Crippen molar-refractivity contribution in [1.82, 2.24) is 35.1 Å². The van der Waals surface area contributed by atoms with E-state index in [0.717, 1.165) is 19.1 Å². The molecule has 0 aromatic carbocycles. The molecule has 2 rings (SSSR count). The molecular formula is C27H49N7O8. The average molecular weight is 600 g/mol. The normalized spacial score (nSPS) is 20.8. The van der Waals surface area contributed by atoms with Crippen LogP contribution >= 0.6 is 0 Å². The topological polar surface area (TPSA) is 186 Å². The van der Waals surface area contributed by atoms with Crippen LogP contribution in [-0.4, -0.2) is 180 Å². The van der Waals surface area contributed by atoms with Gasteiger partial charge in [-0.05, 0) is 18.8 Å². The lowest BCUT2D eigenvalue weighted by Gasteiger charge is -2.38. The molecular weight excluding hydrogens is 550 g/mol. The van der Waals surface area contributed by atoms with Crippen LogP contribution in [0.4, 0.5) is 0 Å². The zero-order valence-corrected chi connectivity index (χ0v) is 24.9. The maximum Gasteiger partial charge on any atom is 0.317 e. The number of nitrogens with one attached hydrogen (secondary N) is 2. The second-order valence-electron chi connectivity index (χ2n) is 11.5. The number of aldehydes is 1. The summed E-state index contributed by atoms with van der Waals surface area (Å²) in [6, 6.07) is 0.0476. The van der Waals surface area contributed by atoms with E-state index in [1.165, 1.54) is 0 Å². The minimum Gasteiger partial charge on any atom is -0.480 e. The number of carbonyl (C=O) groups excluding carboxylic acids is 2. The summed E-state index contributed by atoms with van der Waals surface area (Å²) >= 11 is 0. The lowest BCUT2D eigenvalue weighted by molar-refractivity contribution is -0.140. The first-order chi connectivity index (χ1) is 19.9. The monoisotopic (exact) mass is 599 g/mol. The van der Waals surface area contributed by atoms with Gasteiger partial charge in [0.1, 0.15) is 6.17 Å². The van der Waals surface area contributed by atoms with E-state index in [9.17, 15) is 39.3 Å². The van der Waals surface area contributed by atoms with E-state index in [1.807, 2.05) is 18.7 Å². The van der Waals surface area contributed by atoms with E-state index in [4.69, 9.17) is 0 Å². The Kier molecular flexibility index (Phi) is 15.9. The molecule has 0 saturated carbocycles. The third-order valence-corrected chi connectivity index (χ3v) is 7.54. The summed E-state index contributed by atoms with van der Waals surface area (Å²) in [6.07, 6.45) is 1.69. The van der Waals surface area contributed by atoms with Crippen molar-refractivity contribution in [3.63, 3.8) is 0 Å². The molecule has 2 fully saturated rings. The number of likely N-dealkylation sites (tertiary alicyclic amines) is 1. The Labute approximate surface area is 247 Å². The van der Waals surface area contributed by atoms with E-state index in [-0.39, 0.29) is 31.6 Å². The first kappa shape index (κ1) is 35.5. The Hall–Kier alpha value is -2.69. The fourth-order valence-corrected chi connectivity index (χ4v) is 5.19. The highest BCUT2D eigenvalue weighted by atomic mass is 16.4. The molecule has 15 nitrogen and oxygen atoms in total. The van der Waals surface area contributed by atoms with E-state index >= 15 is 0 Å². The number of carboxylic acids is 3. The number of carbonyl (C=O) groups is 5. The van der Waals surface area contributed by atoms with Crippen molar-refractivity contribution in [2.24, 2.45) is 5.92 Å². The molecule has 15 heteroatoms. The molecule has 0 spiro atoms. The van der Waals surface area contributed by atoms with Crippen LogP contribution in [0, 0.1) is 5.92 Å². The Bertz CT molecular complexity index is 853. The Morgan fingerprint density at radius 1 is 0.690 bits per heavy atom. The number of hydrogen-bond donors (Lipinski definition) is 5. The van der Waals surface area contributed by atoms with Gasteiger partial charge in [0.2, 0.25) is 5.91 Å². The number of amides is 1. The van der Waals surface area contributed by atoms with Crippen molar-refractivity contribution in [2.45, 2.75) is 38.9 Å². The maximum atomic E-state index is 12.3. The van der Waals surface area contributed by atoms with Crippen LogP contribution in [0.1, 0.15) is 26.7 Å².